The molecule has 29 heavy (non-hydrogen) atoms. The summed E-state index contributed by atoms with van der Waals surface area (Å²) in [6.45, 7) is -0.574. The van der Waals surface area contributed by atoms with E-state index in [2.05, 4.69) is 4.74 Å². The van der Waals surface area contributed by atoms with Crippen molar-refractivity contribution in [3.63, 3.8) is 0 Å². The van der Waals surface area contributed by atoms with Crippen LogP contribution in [0.5, 0.6) is 23.0 Å². The fourth-order valence-electron chi connectivity index (χ4n) is 2.50. The van der Waals surface area contributed by atoms with Crippen molar-refractivity contribution in [3.05, 3.63) is 53.6 Å². The SMILES string of the molecule is COC(=O)/C=C/c1ccc(Oc2ccc([C@@H](O)[C@@H](O)CO)cc2OC)c(OC)c1. The molecule has 2 atom stereocenters. The van der Waals surface area contributed by atoms with Crippen molar-refractivity contribution in [2.45, 2.75) is 12.2 Å². The molecule has 0 radical (unpaired) electrons. The average molecular weight is 404 g/mol. The van der Waals surface area contributed by atoms with Gasteiger partial charge in [-0.15, -0.1) is 0 Å². The summed E-state index contributed by atoms with van der Waals surface area (Å²) in [5, 5.41) is 28.7. The van der Waals surface area contributed by atoms with Crippen LogP contribution in [0.15, 0.2) is 42.5 Å². The van der Waals surface area contributed by atoms with Gasteiger partial charge in [-0.05, 0) is 41.5 Å². The molecule has 0 aliphatic heterocycles. The third-order valence-corrected chi connectivity index (χ3v) is 4.10. The Morgan fingerprint density at radius 3 is 2.17 bits per heavy atom. The van der Waals surface area contributed by atoms with Crippen molar-refractivity contribution in [2.75, 3.05) is 27.9 Å². The smallest absolute Gasteiger partial charge is 0.330 e. The van der Waals surface area contributed by atoms with E-state index in [4.69, 9.17) is 19.3 Å². The molecule has 8 nitrogen and oxygen atoms in total. The number of ether oxygens (including phenoxy) is 4. The summed E-state index contributed by atoms with van der Waals surface area (Å²) in [7, 11) is 4.23. The highest BCUT2D eigenvalue weighted by atomic mass is 16.5. The molecule has 3 N–H and O–H groups in total. The summed E-state index contributed by atoms with van der Waals surface area (Å²) in [6.07, 6.45) is 0.306. The Morgan fingerprint density at radius 1 is 0.966 bits per heavy atom. The highest BCUT2D eigenvalue weighted by Gasteiger charge is 2.20. The van der Waals surface area contributed by atoms with E-state index >= 15 is 0 Å². The van der Waals surface area contributed by atoms with Gasteiger partial charge < -0.3 is 34.3 Å². The number of carbonyl (C=O) groups is 1. The summed E-state index contributed by atoms with van der Waals surface area (Å²) in [5.41, 5.74) is 1.08. The first kappa shape index (κ1) is 22.2. The molecule has 156 valence electrons. The second-order valence-electron chi connectivity index (χ2n) is 5.97. The van der Waals surface area contributed by atoms with Crippen LogP contribution in [-0.2, 0) is 9.53 Å². The summed E-state index contributed by atoms with van der Waals surface area (Å²) in [6, 6.07) is 9.75. The van der Waals surface area contributed by atoms with Crippen LogP contribution in [0, 0.1) is 0 Å². The summed E-state index contributed by atoms with van der Waals surface area (Å²) in [4.78, 5) is 11.2. The molecular weight excluding hydrogens is 380 g/mol. The van der Waals surface area contributed by atoms with Crippen LogP contribution in [0.2, 0.25) is 0 Å². The van der Waals surface area contributed by atoms with Gasteiger partial charge in [0.1, 0.15) is 12.2 Å². The average Bonchev–Trinajstić information content (AvgIpc) is 2.76. The lowest BCUT2D eigenvalue weighted by Crippen LogP contribution is -2.22. The van der Waals surface area contributed by atoms with E-state index < -0.39 is 24.8 Å². The fraction of sp³-hybridized carbons (Fsp3) is 0.286. The number of methoxy groups -OCH3 is 3. The highest BCUT2D eigenvalue weighted by Crippen LogP contribution is 2.38. The van der Waals surface area contributed by atoms with Crippen molar-refractivity contribution in [2.24, 2.45) is 0 Å². The molecule has 8 heteroatoms. The lowest BCUT2D eigenvalue weighted by Gasteiger charge is -2.18. The lowest BCUT2D eigenvalue weighted by molar-refractivity contribution is -0.134. The molecular formula is C21H24O8. The fourth-order valence-corrected chi connectivity index (χ4v) is 2.50. The van der Waals surface area contributed by atoms with Gasteiger partial charge in [-0.1, -0.05) is 12.1 Å². The number of hydrogen-bond donors (Lipinski definition) is 3. The van der Waals surface area contributed by atoms with E-state index in [0.29, 0.717) is 34.1 Å². The van der Waals surface area contributed by atoms with Crippen LogP contribution < -0.4 is 14.2 Å². The van der Waals surface area contributed by atoms with E-state index in [0.717, 1.165) is 0 Å². The second kappa shape index (κ2) is 10.5. The minimum absolute atomic E-state index is 0.323. The van der Waals surface area contributed by atoms with Crippen LogP contribution in [0.3, 0.4) is 0 Å². The quantitative estimate of drug-likeness (QED) is 0.430. The molecule has 0 heterocycles. The predicted octanol–water partition coefficient (Wildman–Crippen LogP) is 2.07. The zero-order valence-corrected chi connectivity index (χ0v) is 16.4. The second-order valence-corrected chi connectivity index (χ2v) is 5.97. The molecule has 0 fully saturated rings. The molecule has 2 aromatic rings. The normalized spacial score (nSPS) is 13.0. The Morgan fingerprint density at radius 2 is 1.59 bits per heavy atom. The van der Waals surface area contributed by atoms with Gasteiger partial charge in [-0.2, -0.15) is 0 Å². The first-order valence-corrected chi connectivity index (χ1v) is 8.70. The van der Waals surface area contributed by atoms with Gasteiger partial charge in [0, 0.05) is 6.08 Å². The largest absolute Gasteiger partial charge is 0.493 e. The molecule has 0 amide bonds. The van der Waals surface area contributed by atoms with Crippen LogP contribution in [0.1, 0.15) is 17.2 Å². The minimum atomic E-state index is -1.31. The third-order valence-electron chi connectivity index (χ3n) is 4.10. The first-order chi connectivity index (χ1) is 13.9. The standard InChI is InChI=1S/C21H24O8/c1-26-18-10-13(5-9-20(24)28-3)4-7-16(18)29-17-8-6-14(11-19(17)27-2)21(25)15(23)12-22/h4-11,15,21-23,25H,12H2,1-3H3/b9-5+/t15-,21+/m0/s1. The molecule has 0 aliphatic rings. The molecule has 0 aliphatic carbocycles. The molecule has 0 saturated heterocycles. The van der Waals surface area contributed by atoms with Crippen LogP contribution in [-0.4, -0.2) is 55.3 Å². The van der Waals surface area contributed by atoms with Crippen molar-refractivity contribution in [1.29, 1.82) is 0 Å². The summed E-state index contributed by atoms with van der Waals surface area (Å²) in [5.74, 6) is 1.05. The van der Waals surface area contributed by atoms with Crippen LogP contribution >= 0.6 is 0 Å². The van der Waals surface area contributed by atoms with E-state index in [1.165, 1.54) is 33.5 Å². The van der Waals surface area contributed by atoms with Gasteiger partial charge in [0.2, 0.25) is 0 Å². The highest BCUT2D eigenvalue weighted by molar-refractivity contribution is 5.87. The maximum absolute atomic E-state index is 11.2. The van der Waals surface area contributed by atoms with Crippen LogP contribution in [0.25, 0.3) is 6.08 Å². The van der Waals surface area contributed by atoms with E-state index in [9.17, 15) is 15.0 Å². The molecule has 2 rings (SSSR count). The monoisotopic (exact) mass is 404 g/mol. The van der Waals surface area contributed by atoms with Crippen LogP contribution in [0.4, 0.5) is 0 Å². The van der Waals surface area contributed by atoms with Gasteiger partial charge in [0.15, 0.2) is 23.0 Å². The molecule has 0 spiro atoms. The summed E-state index contributed by atoms with van der Waals surface area (Å²) >= 11 is 0. The number of esters is 1. The molecule has 0 aromatic heterocycles. The third kappa shape index (κ3) is 5.71. The number of rotatable bonds is 9. The van der Waals surface area contributed by atoms with Gasteiger partial charge in [-0.25, -0.2) is 4.79 Å². The molecule has 0 saturated carbocycles. The number of carbonyl (C=O) groups excluding carboxylic acids is 1. The van der Waals surface area contributed by atoms with Crippen molar-refractivity contribution < 1.29 is 39.1 Å². The summed E-state index contributed by atoms with van der Waals surface area (Å²) < 4.78 is 21.1. The van der Waals surface area contributed by atoms with Crippen molar-refractivity contribution in [3.8, 4) is 23.0 Å². The van der Waals surface area contributed by atoms with Gasteiger partial charge >= 0.3 is 5.97 Å². The first-order valence-electron chi connectivity index (χ1n) is 8.70. The Labute approximate surface area is 168 Å². The van der Waals surface area contributed by atoms with Gasteiger partial charge in [-0.3, -0.25) is 0 Å². The maximum atomic E-state index is 11.2. The van der Waals surface area contributed by atoms with Gasteiger partial charge in [0.05, 0.1) is 27.9 Å². The Kier molecular flexibility index (Phi) is 8.02. The lowest BCUT2D eigenvalue weighted by atomic mass is 10.0. The van der Waals surface area contributed by atoms with Crippen molar-refractivity contribution in [1.82, 2.24) is 0 Å². The topological polar surface area (TPSA) is 115 Å². The maximum Gasteiger partial charge on any atom is 0.330 e. The van der Waals surface area contributed by atoms with Gasteiger partial charge in [0.25, 0.3) is 0 Å². The number of hydrogen-bond acceptors (Lipinski definition) is 8. The van der Waals surface area contributed by atoms with E-state index in [-0.39, 0.29) is 0 Å². The molecule has 0 bridgehead atoms. The minimum Gasteiger partial charge on any atom is -0.493 e. The number of aliphatic hydroxyl groups is 3. The predicted molar refractivity (Wildman–Crippen MR) is 105 cm³/mol. The number of aliphatic hydroxyl groups excluding tert-OH is 3. The zero-order valence-electron chi connectivity index (χ0n) is 16.4. The Balaban J connectivity index is 2.28. The zero-order chi connectivity index (χ0) is 21.4. The van der Waals surface area contributed by atoms with Crippen molar-refractivity contribution >= 4 is 12.0 Å². The number of benzene rings is 2. The molecule has 2 aromatic carbocycles. The Hall–Kier alpha value is -3.07. The Bertz CT molecular complexity index is 862. The van der Waals surface area contributed by atoms with E-state index in [1.54, 1.807) is 36.4 Å². The molecule has 0 unspecified atom stereocenters. The van der Waals surface area contributed by atoms with E-state index in [1.807, 2.05) is 0 Å².